The molecule has 0 N–H and O–H groups in total. The SMILES string of the molecule is C#C\C=C/C(C(=C)C)=C(/C=C(/C=C\C)CC=C)N(C1=CCCC=C1)c1ccc(-c2ccc(C(C)CC)cc2)cc1. The fourth-order valence-corrected chi connectivity index (χ4v) is 4.81. The molecule has 0 aliphatic heterocycles. The zero-order valence-electron chi connectivity index (χ0n) is 24.7. The summed E-state index contributed by atoms with van der Waals surface area (Å²) in [6.45, 7) is 16.9. The van der Waals surface area contributed by atoms with Crippen LogP contribution in [0.15, 0.2) is 144 Å². The van der Waals surface area contributed by atoms with Crippen molar-refractivity contribution in [2.75, 3.05) is 4.90 Å². The molecule has 204 valence electrons. The zero-order valence-corrected chi connectivity index (χ0v) is 24.7. The Bertz CT molecular complexity index is 1390. The van der Waals surface area contributed by atoms with Gasteiger partial charge < -0.3 is 4.90 Å². The Morgan fingerprint density at radius 1 is 1.05 bits per heavy atom. The molecule has 1 aliphatic rings. The minimum absolute atomic E-state index is 0.569. The van der Waals surface area contributed by atoms with Crippen molar-refractivity contribution in [3.05, 3.63) is 150 Å². The molecule has 0 fully saturated rings. The first kappa shape index (κ1) is 30.3. The Morgan fingerprint density at radius 2 is 1.73 bits per heavy atom. The van der Waals surface area contributed by atoms with Gasteiger partial charge in [0.05, 0.1) is 5.70 Å². The molecule has 0 aromatic heterocycles. The minimum Gasteiger partial charge on any atom is -0.310 e. The maximum Gasteiger partial charge on any atom is 0.0539 e. The molecule has 40 heavy (non-hydrogen) atoms. The Morgan fingerprint density at radius 3 is 2.25 bits per heavy atom. The van der Waals surface area contributed by atoms with Gasteiger partial charge in [-0.2, -0.15) is 0 Å². The van der Waals surface area contributed by atoms with Gasteiger partial charge in [-0.05, 0) is 110 Å². The quantitative estimate of drug-likeness (QED) is 0.151. The van der Waals surface area contributed by atoms with E-state index in [1.54, 1.807) is 6.08 Å². The van der Waals surface area contributed by atoms with E-state index in [0.717, 1.165) is 59.5 Å². The van der Waals surface area contributed by atoms with Crippen LogP contribution >= 0.6 is 0 Å². The third kappa shape index (κ3) is 7.87. The molecule has 0 amide bonds. The lowest BCUT2D eigenvalue weighted by atomic mass is 9.95. The highest BCUT2D eigenvalue weighted by Crippen LogP contribution is 2.34. The highest BCUT2D eigenvalue weighted by Gasteiger charge is 2.19. The van der Waals surface area contributed by atoms with Crippen LogP contribution in [0.1, 0.15) is 64.9 Å². The van der Waals surface area contributed by atoms with E-state index in [0.29, 0.717) is 5.92 Å². The van der Waals surface area contributed by atoms with Crippen LogP contribution in [0.25, 0.3) is 11.1 Å². The topological polar surface area (TPSA) is 3.24 Å². The van der Waals surface area contributed by atoms with E-state index in [1.165, 1.54) is 16.7 Å². The average Bonchev–Trinajstić information content (AvgIpc) is 2.98. The van der Waals surface area contributed by atoms with E-state index < -0.39 is 0 Å². The van der Waals surface area contributed by atoms with Crippen LogP contribution in [0.4, 0.5) is 5.69 Å². The molecule has 3 rings (SSSR count). The van der Waals surface area contributed by atoms with Crippen LogP contribution in [0, 0.1) is 12.3 Å². The average molecular weight is 526 g/mol. The predicted octanol–water partition coefficient (Wildman–Crippen LogP) is 11.0. The van der Waals surface area contributed by atoms with Gasteiger partial charge in [-0.15, -0.1) is 13.0 Å². The van der Waals surface area contributed by atoms with Gasteiger partial charge in [0.15, 0.2) is 0 Å². The van der Waals surface area contributed by atoms with Crippen molar-refractivity contribution < 1.29 is 0 Å². The standard InChI is InChI=1S/C39H43N/c1-8-12-20-38(30(5)6)39(29-32(16-9-2)17-10-3)40(36-18-14-13-15-19-36)37-27-25-35(26-28-37)34-23-21-33(22-24-34)31(7)11-4/h1,9-10,12,14,17-29,31H,2,5,11,13,15-16H2,3-4,6-7H3/b17-10-,20-12-,32-29+,39-38+. The van der Waals surface area contributed by atoms with Gasteiger partial charge in [0.1, 0.15) is 0 Å². The third-order valence-corrected chi connectivity index (χ3v) is 7.19. The van der Waals surface area contributed by atoms with E-state index in [-0.39, 0.29) is 0 Å². The monoisotopic (exact) mass is 525 g/mol. The lowest BCUT2D eigenvalue weighted by molar-refractivity contribution is 0.734. The third-order valence-electron chi connectivity index (χ3n) is 7.19. The number of hydrogen-bond acceptors (Lipinski definition) is 1. The summed E-state index contributed by atoms with van der Waals surface area (Å²) in [5, 5.41) is 0. The number of anilines is 1. The smallest absolute Gasteiger partial charge is 0.0539 e. The molecule has 1 heteroatoms. The summed E-state index contributed by atoms with van der Waals surface area (Å²) in [6.07, 6.45) is 28.4. The maximum atomic E-state index is 5.64. The van der Waals surface area contributed by atoms with E-state index in [1.807, 2.05) is 26.0 Å². The number of rotatable bonds is 12. The molecule has 1 aliphatic carbocycles. The summed E-state index contributed by atoms with van der Waals surface area (Å²) in [7, 11) is 0. The van der Waals surface area contributed by atoms with E-state index in [2.05, 4.69) is 123 Å². The van der Waals surface area contributed by atoms with E-state index >= 15 is 0 Å². The van der Waals surface area contributed by atoms with Crippen LogP contribution in [-0.4, -0.2) is 0 Å². The van der Waals surface area contributed by atoms with Crippen molar-refractivity contribution in [1.29, 1.82) is 0 Å². The minimum atomic E-state index is 0.569. The summed E-state index contributed by atoms with van der Waals surface area (Å²) in [5.74, 6) is 3.23. The molecule has 0 saturated heterocycles. The molecule has 2 aromatic rings. The summed E-state index contributed by atoms with van der Waals surface area (Å²) in [5.41, 5.74) is 10.1. The molecular formula is C39H43N. The summed E-state index contributed by atoms with van der Waals surface area (Å²) >= 11 is 0. The molecule has 0 heterocycles. The molecular weight excluding hydrogens is 482 g/mol. The van der Waals surface area contributed by atoms with Crippen LogP contribution in [0.2, 0.25) is 0 Å². The number of hydrogen-bond donors (Lipinski definition) is 0. The van der Waals surface area contributed by atoms with Crippen LogP contribution < -0.4 is 4.90 Å². The second-order valence-electron chi connectivity index (χ2n) is 10.2. The largest absolute Gasteiger partial charge is 0.310 e. The lowest BCUT2D eigenvalue weighted by Crippen LogP contribution is -2.22. The summed E-state index contributed by atoms with van der Waals surface area (Å²) in [4.78, 5) is 2.32. The van der Waals surface area contributed by atoms with Crippen molar-refractivity contribution in [2.24, 2.45) is 0 Å². The van der Waals surface area contributed by atoms with Crippen LogP contribution in [-0.2, 0) is 0 Å². The molecule has 1 nitrogen and oxygen atoms in total. The Hall–Kier alpha value is -4.28. The second kappa shape index (κ2) is 15.3. The first-order valence-electron chi connectivity index (χ1n) is 14.3. The van der Waals surface area contributed by atoms with Gasteiger partial charge in [0.25, 0.3) is 0 Å². The zero-order chi connectivity index (χ0) is 28.9. The van der Waals surface area contributed by atoms with E-state index in [9.17, 15) is 0 Å². The van der Waals surface area contributed by atoms with Gasteiger partial charge in [0, 0.05) is 17.0 Å². The van der Waals surface area contributed by atoms with Crippen molar-refractivity contribution in [3.63, 3.8) is 0 Å². The normalized spacial score (nSPS) is 15.0. The molecule has 0 saturated carbocycles. The fourth-order valence-electron chi connectivity index (χ4n) is 4.81. The molecule has 0 spiro atoms. The van der Waals surface area contributed by atoms with Crippen molar-refractivity contribution >= 4 is 5.69 Å². The fraction of sp³-hybridized carbons (Fsp3) is 0.231. The molecule has 1 atom stereocenters. The van der Waals surface area contributed by atoms with Gasteiger partial charge in [-0.1, -0.05) is 93.1 Å². The first-order chi connectivity index (χ1) is 19.4. The van der Waals surface area contributed by atoms with Crippen LogP contribution in [0.3, 0.4) is 0 Å². The lowest BCUT2D eigenvalue weighted by Gasteiger charge is -2.31. The van der Waals surface area contributed by atoms with Gasteiger partial charge in [0.2, 0.25) is 0 Å². The number of nitrogens with zero attached hydrogens (tertiary/aromatic N) is 1. The Kier molecular flexibility index (Phi) is 11.6. The second-order valence-corrected chi connectivity index (χ2v) is 10.2. The van der Waals surface area contributed by atoms with E-state index in [4.69, 9.17) is 6.42 Å². The molecule has 1 unspecified atom stereocenters. The predicted molar refractivity (Wildman–Crippen MR) is 177 cm³/mol. The summed E-state index contributed by atoms with van der Waals surface area (Å²) in [6, 6.07) is 17.8. The highest BCUT2D eigenvalue weighted by atomic mass is 15.2. The van der Waals surface area contributed by atoms with Crippen molar-refractivity contribution in [3.8, 4) is 23.5 Å². The first-order valence-corrected chi connectivity index (χ1v) is 14.3. The summed E-state index contributed by atoms with van der Waals surface area (Å²) < 4.78 is 0. The Labute approximate surface area is 243 Å². The number of terminal acetylenes is 1. The number of allylic oxidation sites excluding steroid dienone is 12. The maximum absolute atomic E-state index is 5.64. The Balaban J connectivity index is 2.21. The van der Waals surface area contributed by atoms with Crippen molar-refractivity contribution in [1.82, 2.24) is 0 Å². The van der Waals surface area contributed by atoms with Gasteiger partial charge in [-0.3, -0.25) is 0 Å². The van der Waals surface area contributed by atoms with Crippen LogP contribution in [0.5, 0.6) is 0 Å². The molecule has 0 bridgehead atoms. The molecule has 0 radical (unpaired) electrons. The highest BCUT2D eigenvalue weighted by molar-refractivity contribution is 5.72. The molecule has 2 aromatic carbocycles. The van der Waals surface area contributed by atoms with Gasteiger partial charge in [-0.25, -0.2) is 0 Å². The van der Waals surface area contributed by atoms with Gasteiger partial charge >= 0.3 is 0 Å². The van der Waals surface area contributed by atoms with Crippen molar-refractivity contribution in [2.45, 2.75) is 59.3 Å². The number of benzene rings is 2.